The number of nitrogens with one attached hydrogen (secondary N) is 2. The first-order valence-electron chi connectivity index (χ1n) is 9.63. The van der Waals surface area contributed by atoms with Gasteiger partial charge in [-0.3, -0.25) is 9.48 Å². The number of ether oxygens (including phenoxy) is 1. The minimum absolute atomic E-state index is 0.0651. The van der Waals surface area contributed by atoms with Crippen molar-refractivity contribution in [3.63, 3.8) is 0 Å². The number of carbonyl (C=O) groups excluding carboxylic acids is 1. The van der Waals surface area contributed by atoms with Crippen LogP contribution < -0.4 is 20.3 Å². The molecule has 0 bridgehead atoms. The molecule has 0 atom stereocenters. The summed E-state index contributed by atoms with van der Waals surface area (Å²) in [6.45, 7) is 2.81. The molecule has 2 aromatic heterocycles. The van der Waals surface area contributed by atoms with Crippen LogP contribution in [0.5, 0.6) is 5.75 Å². The Balaban J connectivity index is 1.44. The van der Waals surface area contributed by atoms with Crippen LogP contribution in [0.25, 0.3) is 0 Å². The van der Waals surface area contributed by atoms with Crippen LogP contribution in [0.1, 0.15) is 16.8 Å². The number of hydrogen-bond donors (Lipinski definition) is 2. The molecule has 0 unspecified atom stereocenters. The average molecular weight is 428 g/mol. The number of aryl methyl sites for hydroxylation is 1. The summed E-state index contributed by atoms with van der Waals surface area (Å²) >= 11 is 0. The van der Waals surface area contributed by atoms with E-state index in [0.717, 1.165) is 22.6 Å². The zero-order valence-corrected chi connectivity index (χ0v) is 17.4. The quantitative estimate of drug-likeness (QED) is 0.628. The van der Waals surface area contributed by atoms with Crippen molar-refractivity contribution < 1.29 is 18.3 Å². The molecule has 1 aliphatic heterocycles. The number of fused-ring (bicyclic) bond motifs is 1. The van der Waals surface area contributed by atoms with E-state index in [4.69, 9.17) is 4.74 Å². The maximum Gasteiger partial charge on any atom is 0.243 e. The smallest absolute Gasteiger partial charge is 0.243 e. The summed E-state index contributed by atoms with van der Waals surface area (Å²) in [5, 5.41) is 10.4. The fourth-order valence-corrected chi connectivity index (χ4v) is 3.54. The van der Waals surface area contributed by atoms with Gasteiger partial charge in [0.15, 0.2) is 17.4 Å². The monoisotopic (exact) mass is 428 g/mol. The molecule has 3 aromatic rings. The van der Waals surface area contributed by atoms with Crippen LogP contribution in [0, 0.1) is 18.6 Å². The van der Waals surface area contributed by atoms with E-state index in [1.54, 1.807) is 17.1 Å². The largest absolute Gasteiger partial charge is 0.491 e. The molecule has 0 saturated heterocycles. The number of anilines is 3. The van der Waals surface area contributed by atoms with Gasteiger partial charge in [0, 0.05) is 31.4 Å². The first-order chi connectivity index (χ1) is 14.8. The number of amides is 1. The summed E-state index contributed by atoms with van der Waals surface area (Å²) in [5.74, 6) is -1.29. The number of hydrogen-bond acceptors (Lipinski definition) is 6. The summed E-state index contributed by atoms with van der Waals surface area (Å²) < 4.78 is 34.1. The third kappa shape index (κ3) is 4.27. The third-order valence-corrected chi connectivity index (χ3v) is 5.00. The van der Waals surface area contributed by atoms with Crippen molar-refractivity contribution >= 4 is 23.1 Å². The molecule has 1 aromatic carbocycles. The van der Waals surface area contributed by atoms with Crippen molar-refractivity contribution in [1.82, 2.24) is 14.8 Å². The molecule has 1 amide bonds. The highest BCUT2D eigenvalue weighted by Gasteiger charge is 2.22. The van der Waals surface area contributed by atoms with Gasteiger partial charge in [-0.25, -0.2) is 13.8 Å². The van der Waals surface area contributed by atoms with Crippen molar-refractivity contribution in [2.24, 2.45) is 0 Å². The highest BCUT2D eigenvalue weighted by Crippen LogP contribution is 2.33. The fourth-order valence-electron chi connectivity index (χ4n) is 3.54. The SMILES string of the molecule is COc1c(F)cc(Cn2cc(CNc3cc4c(c(C)n3)NC(=O)CN4C)cn2)cc1F. The van der Waals surface area contributed by atoms with Crippen molar-refractivity contribution in [3.05, 3.63) is 59.0 Å². The number of nitrogens with zero attached hydrogens (tertiary/aromatic N) is 4. The molecule has 0 radical (unpaired) electrons. The van der Waals surface area contributed by atoms with E-state index in [0.29, 0.717) is 17.9 Å². The zero-order chi connectivity index (χ0) is 22.1. The number of likely N-dealkylation sites (N-methyl/N-ethyl adjacent to an activating group) is 1. The number of rotatable bonds is 6. The van der Waals surface area contributed by atoms with E-state index < -0.39 is 17.4 Å². The Morgan fingerprint density at radius 1 is 1.23 bits per heavy atom. The number of carbonyl (C=O) groups is 1. The van der Waals surface area contributed by atoms with E-state index in [2.05, 4.69) is 20.7 Å². The molecule has 8 nitrogen and oxygen atoms in total. The summed E-state index contributed by atoms with van der Waals surface area (Å²) in [6.07, 6.45) is 3.48. The van der Waals surface area contributed by atoms with E-state index in [9.17, 15) is 13.6 Å². The molecule has 3 heterocycles. The van der Waals surface area contributed by atoms with Crippen molar-refractivity contribution in [2.45, 2.75) is 20.0 Å². The average Bonchev–Trinajstić information content (AvgIpc) is 3.14. The van der Waals surface area contributed by atoms with Gasteiger partial charge >= 0.3 is 0 Å². The molecular formula is C21H22F2N6O2. The molecule has 10 heteroatoms. The third-order valence-electron chi connectivity index (χ3n) is 5.00. The highest BCUT2D eigenvalue weighted by molar-refractivity contribution is 6.02. The minimum atomic E-state index is -0.749. The van der Waals surface area contributed by atoms with Crippen molar-refractivity contribution in [2.75, 3.05) is 36.2 Å². The predicted molar refractivity (Wildman–Crippen MR) is 112 cm³/mol. The summed E-state index contributed by atoms with van der Waals surface area (Å²) in [6, 6.07) is 4.35. The van der Waals surface area contributed by atoms with Crippen LogP contribution in [0.4, 0.5) is 26.0 Å². The lowest BCUT2D eigenvalue weighted by Gasteiger charge is -2.28. The van der Waals surface area contributed by atoms with E-state index >= 15 is 0 Å². The van der Waals surface area contributed by atoms with Crippen LogP contribution in [0.3, 0.4) is 0 Å². The van der Waals surface area contributed by atoms with Crippen molar-refractivity contribution in [1.29, 1.82) is 0 Å². The summed E-state index contributed by atoms with van der Waals surface area (Å²) in [7, 11) is 3.08. The molecule has 162 valence electrons. The van der Waals surface area contributed by atoms with Gasteiger partial charge in [-0.1, -0.05) is 0 Å². The molecule has 31 heavy (non-hydrogen) atoms. The Morgan fingerprint density at radius 2 is 1.97 bits per heavy atom. The highest BCUT2D eigenvalue weighted by atomic mass is 19.1. The fraction of sp³-hybridized carbons (Fsp3) is 0.286. The van der Waals surface area contributed by atoms with Gasteiger partial charge in [-0.2, -0.15) is 5.10 Å². The molecule has 2 N–H and O–H groups in total. The molecule has 0 saturated carbocycles. The maximum atomic E-state index is 13.9. The van der Waals surface area contributed by atoms with Crippen LogP contribution in [0.2, 0.25) is 0 Å². The normalized spacial score (nSPS) is 13.1. The van der Waals surface area contributed by atoms with Crippen molar-refractivity contribution in [3.8, 4) is 5.75 Å². The summed E-state index contributed by atoms with van der Waals surface area (Å²) in [4.78, 5) is 18.1. The van der Waals surface area contributed by atoms with Gasteiger partial charge in [0.1, 0.15) is 5.82 Å². The molecule has 0 spiro atoms. The maximum absolute atomic E-state index is 13.9. The zero-order valence-electron chi connectivity index (χ0n) is 17.4. The lowest BCUT2D eigenvalue weighted by molar-refractivity contribution is -0.115. The van der Waals surface area contributed by atoms with E-state index in [-0.39, 0.29) is 19.0 Å². The first-order valence-corrected chi connectivity index (χ1v) is 9.63. The van der Waals surface area contributed by atoms with Gasteiger partial charge in [-0.05, 0) is 24.6 Å². The number of methoxy groups -OCH3 is 1. The van der Waals surface area contributed by atoms with Gasteiger partial charge in [-0.15, -0.1) is 0 Å². The van der Waals surface area contributed by atoms with Crippen LogP contribution in [-0.4, -0.2) is 41.4 Å². The van der Waals surface area contributed by atoms with Gasteiger partial charge in [0.25, 0.3) is 0 Å². The molecule has 4 rings (SSSR count). The Labute approximate surface area is 177 Å². The summed E-state index contributed by atoms with van der Waals surface area (Å²) in [5.41, 5.74) is 3.66. The lowest BCUT2D eigenvalue weighted by Crippen LogP contribution is -2.36. The van der Waals surface area contributed by atoms with Gasteiger partial charge in [0.2, 0.25) is 5.91 Å². The Hall–Kier alpha value is -3.69. The van der Waals surface area contributed by atoms with Gasteiger partial charge < -0.3 is 20.3 Å². The molecular weight excluding hydrogens is 406 g/mol. The minimum Gasteiger partial charge on any atom is -0.491 e. The van der Waals surface area contributed by atoms with E-state index in [1.807, 2.05) is 24.9 Å². The molecule has 1 aliphatic rings. The second-order valence-corrected chi connectivity index (χ2v) is 7.38. The predicted octanol–water partition coefficient (Wildman–Crippen LogP) is 2.92. The number of pyridine rings is 1. The molecule has 0 fully saturated rings. The molecule has 0 aliphatic carbocycles. The number of halogens is 2. The van der Waals surface area contributed by atoms with E-state index in [1.165, 1.54) is 19.2 Å². The number of aromatic nitrogens is 3. The lowest BCUT2D eigenvalue weighted by atomic mass is 10.2. The Bertz CT molecular complexity index is 1120. The first kappa shape index (κ1) is 20.6. The van der Waals surface area contributed by atoms with Crippen LogP contribution >= 0.6 is 0 Å². The second kappa shape index (κ2) is 8.21. The number of benzene rings is 1. The topological polar surface area (TPSA) is 84.3 Å². The van der Waals surface area contributed by atoms with Gasteiger partial charge in [0.05, 0.1) is 43.5 Å². The van der Waals surface area contributed by atoms with Crippen LogP contribution in [-0.2, 0) is 17.9 Å². The van der Waals surface area contributed by atoms with Crippen LogP contribution in [0.15, 0.2) is 30.6 Å². The Kier molecular flexibility index (Phi) is 5.45. The standard InChI is InChI=1S/C21H22F2N6O2/c1-12-20-17(28(2)11-19(30)27-20)6-18(26-12)24-7-14-8-25-29(10-14)9-13-4-15(22)21(31-3)16(23)5-13/h4-6,8,10H,7,9,11H2,1-3H3,(H,24,26)(H,27,30). The Morgan fingerprint density at radius 3 is 2.68 bits per heavy atom. The second-order valence-electron chi connectivity index (χ2n) is 7.38.